The molecule has 1 heterocycles. The van der Waals surface area contributed by atoms with Gasteiger partial charge in [-0.15, -0.1) is 11.8 Å². The van der Waals surface area contributed by atoms with Crippen molar-refractivity contribution in [3.05, 3.63) is 63.8 Å². The van der Waals surface area contributed by atoms with Gasteiger partial charge < -0.3 is 9.47 Å². The molecule has 0 atom stereocenters. The van der Waals surface area contributed by atoms with Crippen LogP contribution in [0.15, 0.2) is 62.5 Å². The van der Waals surface area contributed by atoms with Gasteiger partial charge in [0.25, 0.3) is 0 Å². The van der Waals surface area contributed by atoms with Gasteiger partial charge in [0.15, 0.2) is 5.70 Å². The molecule has 1 aliphatic heterocycles. The van der Waals surface area contributed by atoms with Crippen LogP contribution in [0.2, 0.25) is 0 Å². The van der Waals surface area contributed by atoms with Crippen molar-refractivity contribution in [2.45, 2.75) is 4.90 Å². The topological polar surface area (TPSA) is 47.9 Å². The molecule has 0 radical (unpaired) electrons. The fourth-order valence-corrected chi connectivity index (χ4v) is 3.00. The fourth-order valence-electron chi connectivity index (χ4n) is 2.23. The molecule has 1 aliphatic rings. The van der Waals surface area contributed by atoms with Crippen molar-refractivity contribution >= 4 is 45.6 Å². The minimum Gasteiger partial charge on any atom is -0.496 e. The number of ether oxygens (including phenoxy) is 2. The molecular formula is C18H14BrNO3S. The molecule has 0 bridgehead atoms. The van der Waals surface area contributed by atoms with Crippen molar-refractivity contribution in [3.63, 3.8) is 0 Å². The first-order chi connectivity index (χ1) is 11.6. The zero-order chi connectivity index (χ0) is 17.1. The maximum Gasteiger partial charge on any atom is 0.363 e. The lowest BCUT2D eigenvalue weighted by Gasteiger charge is -2.07. The van der Waals surface area contributed by atoms with Gasteiger partial charge in [-0.1, -0.05) is 28.1 Å². The Morgan fingerprint density at radius 2 is 1.96 bits per heavy atom. The molecule has 3 rings (SSSR count). The van der Waals surface area contributed by atoms with Gasteiger partial charge >= 0.3 is 5.97 Å². The normalized spacial score (nSPS) is 15.4. The van der Waals surface area contributed by atoms with Crippen molar-refractivity contribution < 1.29 is 14.3 Å². The van der Waals surface area contributed by atoms with Crippen LogP contribution in [0.4, 0.5) is 0 Å². The molecule has 0 fully saturated rings. The molecule has 6 heteroatoms. The first kappa shape index (κ1) is 16.8. The minimum atomic E-state index is -0.471. The molecule has 24 heavy (non-hydrogen) atoms. The summed E-state index contributed by atoms with van der Waals surface area (Å²) in [4.78, 5) is 17.6. The Kier molecular flexibility index (Phi) is 5.06. The summed E-state index contributed by atoms with van der Waals surface area (Å²) in [5.41, 5.74) is 1.79. The van der Waals surface area contributed by atoms with Gasteiger partial charge in [0.05, 0.1) is 12.7 Å². The molecule has 0 N–H and O–H groups in total. The number of aliphatic imine (C=N–C) groups is 1. The van der Waals surface area contributed by atoms with Gasteiger partial charge in [-0.25, -0.2) is 9.79 Å². The number of carbonyl (C=O) groups is 1. The van der Waals surface area contributed by atoms with E-state index in [1.807, 2.05) is 36.6 Å². The number of nitrogens with zero attached hydrogens (tertiary/aromatic N) is 1. The van der Waals surface area contributed by atoms with Crippen molar-refractivity contribution in [3.8, 4) is 5.75 Å². The van der Waals surface area contributed by atoms with E-state index in [0.29, 0.717) is 11.3 Å². The Hall–Kier alpha value is -2.05. The SMILES string of the molecule is COc1ccc(Br)cc1C1=NC(=Cc2ccc(SC)cc2)C(=O)O1. The monoisotopic (exact) mass is 403 g/mol. The average Bonchev–Trinajstić information content (AvgIpc) is 2.96. The lowest BCUT2D eigenvalue weighted by atomic mass is 10.2. The second-order valence-electron chi connectivity index (χ2n) is 4.95. The standard InChI is InChI=1S/C18H14BrNO3S/c1-22-16-8-5-12(19)10-14(16)17-20-15(18(21)23-17)9-11-3-6-13(24-2)7-4-11/h3-10H,1-2H3. The van der Waals surface area contributed by atoms with Gasteiger partial charge in [-0.05, 0) is 48.2 Å². The van der Waals surface area contributed by atoms with Gasteiger partial charge in [-0.2, -0.15) is 0 Å². The number of hydrogen-bond donors (Lipinski definition) is 0. The highest BCUT2D eigenvalue weighted by molar-refractivity contribution is 9.10. The largest absolute Gasteiger partial charge is 0.496 e. The number of methoxy groups -OCH3 is 1. The van der Waals surface area contributed by atoms with Gasteiger partial charge in [0.2, 0.25) is 5.90 Å². The predicted octanol–water partition coefficient (Wildman–Crippen LogP) is 4.52. The van der Waals surface area contributed by atoms with Gasteiger partial charge in [0, 0.05) is 9.37 Å². The fraction of sp³-hybridized carbons (Fsp3) is 0.111. The first-order valence-electron chi connectivity index (χ1n) is 7.11. The number of thioether (sulfide) groups is 1. The minimum absolute atomic E-state index is 0.241. The van der Waals surface area contributed by atoms with E-state index in [0.717, 1.165) is 14.9 Å². The van der Waals surface area contributed by atoms with Crippen LogP contribution in [-0.4, -0.2) is 25.2 Å². The van der Waals surface area contributed by atoms with Crippen LogP contribution in [0.5, 0.6) is 5.75 Å². The molecule has 0 amide bonds. The molecule has 2 aromatic rings. The summed E-state index contributed by atoms with van der Waals surface area (Å²) in [5, 5.41) is 0. The highest BCUT2D eigenvalue weighted by Crippen LogP contribution is 2.28. The number of halogens is 1. The third-order valence-electron chi connectivity index (χ3n) is 3.43. The highest BCUT2D eigenvalue weighted by atomic mass is 79.9. The maximum atomic E-state index is 12.1. The Bertz CT molecular complexity index is 844. The zero-order valence-electron chi connectivity index (χ0n) is 13.1. The van der Waals surface area contributed by atoms with Crippen LogP contribution >= 0.6 is 27.7 Å². The van der Waals surface area contributed by atoms with Gasteiger partial charge in [0.1, 0.15) is 5.75 Å². The number of rotatable bonds is 4. The van der Waals surface area contributed by atoms with E-state index in [1.165, 1.54) is 0 Å². The van der Waals surface area contributed by atoms with Crippen LogP contribution in [0, 0.1) is 0 Å². The predicted molar refractivity (Wildman–Crippen MR) is 99.5 cm³/mol. The quantitative estimate of drug-likeness (QED) is 0.427. The first-order valence-corrected chi connectivity index (χ1v) is 9.13. The average molecular weight is 404 g/mol. The van der Waals surface area contributed by atoms with Crippen molar-refractivity contribution in [1.29, 1.82) is 0 Å². The summed E-state index contributed by atoms with van der Waals surface area (Å²) in [6.45, 7) is 0. The van der Waals surface area contributed by atoms with Crippen LogP contribution < -0.4 is 4.74 Å². The number of cyclic esters (lactones) is 1. The molecule has 4 nitrogen and oxygen atoms in total. The van der Waals surface area contributed by atoms with Crippen molar-refractivity contribution in [2.24, 2.45) is 4.99 Å². The van der Waals surface area contributed by atoms with E-state index in [9.17, 15) is 4.79 Å². The van der Waals surface area contributed by atoms with Crippen LogP contribution in [-0.2, 0) is 9.53 Å². The summed E-state index contributed by atoms with van der Waals surface area (Å²) in [5.74, 6) is 0.362. The van der Waals surface area contributed by atoms with Crippen LogP contribution in [0.1, 0.15) is 11.1 Å². The molecular weight excluding hydrogens is 390 g/mol. The number of hydrogen-bond acceptors (Lipinski definition) is 5. The number of benzene rings is 2. The number of carbonyl (C=O) groups excluding carboxylic acids is 1. The lowest BCUT2D eigenvalue weighted by Crippen LogP contribution is -2.07. The highest BCUT2D eigenvalue weighted by Gasteiger charge is 2.26. The van der Waals surface area contributed by atoms with E-state index in [4.69, 9.17) is 9.47 Å². The Labute approximate surface area is 152 Å². The summed E-state index contributed by atoms with van der Waals surface area (Å²) < 4.78 is 11.5. The smallest absolute Gasteiger partial charge is 0.363 e. The third kappa shape index (κ3) is 3.55. The molecule has 0 aliphatic carbocycles. The van der Waals surface area contributed by atoms with Crippen LogP contribution in [0.3, 0.4) is 0 Å². The molecule has 0 unspecified atom stereocenters. The van der Waals surface area contributed by atoms with Gasteiger partial charge in [-0.3, -0.25) is 0 Å². The second kappa shape index (κ2) is 7.23. The molecule has 2 aromatic carbocycles. The zero-order valence-corrected chi connectivity index (χ0v) is 15.5. The Balaban J connectivity index is 1.95. The van der Waals surface area contributed by atoms with Crippen molar-refractivity contribution in [2.75, 3.05) is 13.4 Å². The molecule has 0 spiro atoms. The van der Waals surface area contributed by atoms with E-state index in [2.05, 4.69) is 20.9 Å². The van der Waals surface area contributed by atoms with E-state index in [1.54, 1.807) is 37.1 Å². The van der Waals surface area contributed by atoms with E-state index < -0.39 is 5.97 Å². The molecule has 122 valence electrons. The molecule has 0 saturated heterocycles. The second-order valence-corrected chi connectivity index (χ2v) is 6.75. The Morgan fingerprint density at radius 1 is 1.21 bits per heavy atom. The molecule has 0 aromatic heterocycles. The van der Waals surface area contributed by atoms with Crippen LogP contribution in [0.25, 0.3) is 6.08 Å². The lowest BCUT2D eigenvalue weighted by molar-refractivity contribution is -0.129. The number of esters is 1. The van der Waals surface area contributed by atoms with E-state index >= 15 is 0 Å². The summed E-state index contributed by atoms with van der Waals surface area (Å²) >= 11 is 5.07. The summed E-state index contributed by atoms with van der Waals surface area (Å²) in [7, 11) is 1.56. The Morgan fingerprint density at radius 3 is 2.62 bits per heavy atom. The molecule has 0 saturated carbocycles. The summed E-state index contributed by atoms with van der Waals surface area (Å²) in [6.07, 6.45) is 3.73. The van der Waals surface area contributed by atoms with E-state index in [-0.39, 0.29) is 11.6 Å². The van der Waals surface area contributed by atoms with Crippen molar-refractivity contribution in [1.82, 2.24) is 0 Å². The maximum absolute atomic E-state index is 12.1. The summed E-state index contributed by atoms with van der Waals surface area (Å²) in [6, 6.07) is 13.3. The third-order valence-corrected chi connectivity index (χ3v) is 4.67.